The molecule has 0 saturated carbocycles. The van der Waals surface area contributed by atoms with Gasteiger partial charge in [0, 0.05) is 13.7 Å². The minimum absolute atomic E-state index is 0.245. The molecule has 4 N–H and O–H groups in total. The molecule has 8 nitrogen and oxygen atoms in total. The number of nitrogen functional groups attached to an aromatic ring is 1. The molecule has 1 aromatic rings. The fourth-order valence-corrected chi connectivity index (χ4v) is 1.02. The summed E-state index contributed by atoms with van der Waals surface area (Å²) in [7, 11) is 1.62. The van der Waals surface area contributed by atoms with Gasteiger partial charge >= 0.3 is 6.01 Å². The smallest absolute Gasteiger partial charge is 0.323 e. The third kappa shape index (κ3) is 4.79. The van der Waals surface area contributed by atoms with E-state index in [0.717, 1.165) is 6.42 Å². The number of hydrazine groups is 1. The zero-order valence-corrected chi connectivity index (χ0v) is 10.1. The zero-order valence-electron chi connectivity index (χ0n) is 10.1. The Labute approximate surface area is 99.9 Å². The fourth-order valence-electron chi connectivity index (χ4n) is 1.02. The first kappa shape index (κ1) is 13.4. The van der Waals surface area contributed by atoms with Gasteiger partial charge in [-0.05, 0) is 6.42 Å². The highest BCUT2D eigenvalue weighted by Gasteiger charge is 2.05. The van der Waals surface area contributed by atoms with Crippen LogP contribution >= 0.6 is 0 Å². The first-order valence-electron chi connectivity index (χ1n) is 5.38. The highest BCUT2D eigenvalue weighted by atomic mass is 16.5. The summed E-state index contributed by atoms with van der Waals surface area (Å²) in [4.78, 5) is 12.1. The zero-order chi connectivity index (χ0) is 12.5. The molecule has 1 heterocycles. The van der Waals surface area contributed by atoms with Crippen molar-refractivity contribution >= 4 is 11.9 Å². The van der Waals surface area contributed by atoms with Crippen LogP contribution < -0.4 is 21.3 Å². The predicted octanol–water partition coefficient (Wildman–Crippen LogP) is 0.00430. The Hall–Kier alpha value is -1.67. The number of hydrogen-bond donors (Lipinski definition) is 3. The van der Waals surface area contributed by atoms with Crippen LogP contribution in [-0.2, 0) is 4.74 Å². The van der Waals surface area contributed by atoms with Gasteiger partial charge in [-0.1, -0.05) is 6.92 Å². The third-order valence-electron chi connectivity index (χ3n) is 1.77. The Morgan fingerprint density at radius 2 is 1.94 bits per heavy atom. The van der Waals surface area contributed by atoms with Gasteiger partial charge in [0.2, 0.25) is 11.9 Å². The first-order chi connectivity index (χ1) is 8.30. The summed E-state index contributed by atoms with van der Waals surface area (Å²) in [6.45, 7) is 3.70. The maximum absolute atomic E-state index is 5.32. The van der Waals surface area contributed by atoms with Crippen LogP contribution in [0.2, 0.25) is 0 Å². The molecule has 0 spiro atoms. The van der Waals surface area contributed by atoms with Crippen LogP contribution in [0.1, 0.15) is 13.3 Å². The predicted molar refractivity (Wildman–Crippen MR) is 63.8 cm³/mol. The SMILES string of the molecule is CCCOc1nc(NN)nc(NCCOC)n1. The highest BCUT2D eigenvalue weighted by molar-refractivity contribution is 5.34. The fraction of sp³-hybridized carbons (Fsp3) is 0.667. The summed E-state index contributed by atoms with van der Waals surface area (Å²) in [5.41, 5.74) is 2.36. The lowest BCUT2D eigenvalue weighted by Crippen LogP contribution is -2.16. The van der Waals surface area contributed by atoms with Crippen LogP contribution in [0.3, 0.4) is 0 Å². The molecular formula is C9H18N6O2. The molecule has 0 bridgehead atoms. The van der Waals surface area contributed by atoms with Gasteiger partial charge in [0.1, 0.15) is 0 Å². The van der Waals surface area contributed by atoms with Gasteiger partial charge in [0.15, 0.2) is 0 Å². The van der Waals surface area contributed by atoms with Crippen molar-refractivity contribution in [3.05, 3.63) is 0 Å². The van der Waals surface area contributed by atoms with Crippen molar-refractivity contribution in [3.8, 4) is 6.01 Å². The lowest BCUT2D eigenvalue weighted by molar-refractivity contribution is 0.210. The topological polar surface area (TPSA) is 107 Å². The van der Waals surface area contributed by atoms with Gasteiger partial charge < -0.3 is 14.8 Å². The molecule has 0 aliphatic carbocycles. The number of nitrogens with two attached hydrogens (primary N) is 1. The molecule has 0 aliphatic rings. The Balaban J connectivity index is 2.67. The van der Waals surface area contributed by atoms with Gasteiger partial charge in [-0.2, -0.15) is 15.0 Å². The van der Waals surface area contributed by atoms with Crippen LogP contribution in [-0.4, -0.2) is 41.8 Å². The van der Waals surface area contributed by atoms with Crippen LogP contribution in [0, 0.1) is 0 Å². The van der Waals surface area contributed by atoms with E-state index < -0.39 is 0 Å². The second kappa shape index (κ2) is 7.58. The standard InChI is InChI=1S/C9H18N6O2/c1-3-5-17-9-13-7(11-4-6-16-2)12-8(14-9)15-10/h3-6,10H2,1-2H3,(H2,11,12,13,14,15). The van der Waals surface area contributed by atoms with Gasteiger partial charge in [-0.15, -0.1) is 0 Å². The van der Waals surface area contributed by atoms with E-state index in [1.165, 1.54) is 0 Å². The molecule has 1 rings (SSSR count). The van der Waals surface area contributed by atoms with E-state index in [1.54, 1.807) is 7.11 Å². The van der Waals surface area contributed by atoms with Gasteiger partial charge in [0.25, 0.3) is 0 Å². The number of methoxy groups -OCH3 is 1. The van der Waals surface area contributed by atoms with Crippen LogP contribution in [0.25, 0.3) is 0 Å². The van der Waals surface area contributed by atoms with Crippen LogP contribution in [0.4, 0.5) is 11.9 Å². The number of ether oxygens (including phenoxy) is 2. The summed E-state index contributed by atoms with van der Waals surface area (Å²) >= 11 is 0. The first-order valence-corrected chi connectivity index (χ1v) is 5.38. The van der Waals surface area contributed by atoms with E-state index >= 15 is 0 Å². The quantitative estimate of drug-likeness (QED) is 0.332. The molecule has 1 aromatic heterocycles. The summed E-state index contributed by atoms with van der Waals surface area (Å²) < 4.78 is 10.2. The maximum atomic E-state index is 5.32. The number of hydrogen-bond acceptors (Lipinski definition) is 8. The average molecular weight is 242 g/mol. The lowest BCUT2D eigenvalue weighted by Gasteiger charge is -2.08. The van der Waals surface area contributed by atoms with Crippen LogP contribution in [0.5, 0.6) is 6.01 Å². The summed E-state index contributed by atoms with van der Waals surface area (Å²) in [5, 5.41) is 2.97. The number of nitrogens with zero attached hydrogens (tertiary/aromatic N) is 3. The second-order valence-electron chi connectivity index (χ2n) is 3.18. The highest BCUT2D eigenvalue weighted by Crippen LogP contribution is 2.10. The molecule has 17 heavy (non-hydrogen) atoms. The molecule has 0 aliphatic heterocycles. The molecule has 0 saturated heterocycles. The Morgan fingerprint density at radius 1 is 1.18 bits per heavy atom. The molecule has 0 aromatic carbocycles. The molecular weight excluding hydrogens is 224 g/mol. The molecule has 0 amide bonds. The van der Waals surface area contributed by atoms with Crippen molar-refractivity contribution in [1.82, 2.24) is 15.0 Å². The van der Waals surface area contributed by atoms with E-state index in [2.05, 4.69) is 25.7 Å². The summed E-state index contributed by atoms with van der Waals surface area (Å²) in [6.07, 6.45) is 0.878. The van der Waals surface area contributed by atoms with Crippen molar-refractivity contribution in [2.24, 2.45) is 5.84 Å². The van der Waals surface area contributed by atoms with Crippen molar-refractivity contribution < 1.29 is 9.47 Å². The maximum Gasteiger partial charge on any atom is 0.323 e. The monoisotopic (exact) mass is 242 g/mol. The Bertz CT molecular complexity index is 335. The van der Waals surface area contributed by atoms with Crippen LogP contribution in [0.15, 0.2) is 0 Å². The van der Waals surface area contributed by atoms with E-state index in [0.29, 0.717) is 25.7 Å². The van der Waals surface area contributed by atoms with Crippen molar-refractivity contribution in [3.63, 3.8) is 0 Å². The Kier molecular flexibility index (Phi) is 5.97. The third-order valence-corrected chi connectivity index (χ3v) is 1.77. The van der Waals surface area contributed by atoms with Gasteiger partial charge in [0.05, 0.1) is 13.2 Å². The molecule has 0 unspecified atom stereocenters. The van der Waals surface area contributed by atoms with E-state index in [-0.39, 0.29) is 12.0 Å². The average Bonchev–Trinajstić information content (AvgIpc) is 2.36. The lowest BCUT2D eigenvalue weighted by atomic mass is 10.5. The molecule has 96 valence electrons. The Morgan fingerprint density at radius 3 is 2.59 bits per heavy atom. The largest absolute Gasteiger partial charge is 0.463 e. The van der Waals surface area contributed by atoms with Crippen molar-refractivity contribution in [1.29, 1.82) is 0 Å². The number of nitrogens with one attached hydrogen (secondary N) is 2. The second-order valence-corrected chi connectivity index (χ2v) is 3.18. The molecule has 0 atom stereocenters. The van der Waals surface area contributed by atoms with Gasteiger partial charge in [-0.25, -0.2) is 5.84 Å². The summed E-state index contributed by atoms with van der Waals surface area (Å²) in [6, 6.07) is 0.245. The van der Waals surface area contributed by atoms with Crippen molar-refractivity contribution in [2.45, 2.75) is 13.3 Å². The number of anilines is 2. The van der Waals surface area contributed by atoms with E-state index in [4.69, 9.17) is 15.3 Å². The van der Waals surface area contributed by atoms with E-state index in [9.17, 15) is 0 Å². The van der Waals surface area contributed by atoms with E-state index in [1.807, 2.05) is 6.92 Å². The minimum Gasteiger partial charge on any atom is -0.463 e. The number of rotatable bonds is 8. The summed E-state index contributed by atoms with van der Waals surface area (Å²) in [5.74, 6) is 5.92. The molecule has 0 fully saturated rings. The molecule has 0 radical (unpaired) electrons. The minimum atomic E-state index is 0.245. The van der Waals surface area contributed by atoms with Crippen molar-refractivity contribution in [2.75, 3.05) is 37.6 Å². The number of aromatic nitrogens is 3. The van der Waals surface area contributed by atoms with Gasteiger partial charge in [-0.3, -0.25) is 5.43 Å². The molecule has 8 heteroatoms. The normalized spacial score (nSPS) is 10.1.